The minimum atomic E-state index is 0.230. The van der Waals surface area contributed by atoms with Crippen LogP contribution < -0.4 is 10.6 Å². The Balaban J connectivity index is 1.99. The van der Waals surface area contributed by atoms with Crippen molar-refractivity contribution < 1.29 is 5.11 Å². The number of fused-ring (bicyclic) bond motifs is 1. The Morgan fingerprint density at radius 1 is 1.22 bits per heavy atom. The summed E-state index contributed by atoms with van der Waals surface area (Å²) in [4.78, 5) is 6.82. The number of hydrogen-bond donors (Lipinski definition) is 2. The lowest BCUT2D eigenvalue weighted by molar-refractivity contribution is 0.284. The standard InChI is InChI=1S/C19H27N3O/c1-14-12-21-13-15-4-2-5-18(19(14)15)22(10-3-11-23)17-8-6-16(20)7-9-17/h2,4-5,12-13,16-17,23H,3,6-11,20H2,1H3. The van der Waals surface area contributed by atoms with Gasteiger partial charge < -0.3 is 15.7 Å². The quantitative estimate of drug-likeness (QED) is 0.891. The monoisotopic (exact) mass is 313 g/mol. The molecule has 3 rings (SSSR count). The van der Waals surface area contributed by atoms with Gasteiger partial charge in [-0.15, -0.1) is 0 Å². The van der Waals surface area contributed by atoms with Crippen molar-refractivity contribution in [2.24, 2.45) is 5.73 Å². The summed E-state index contributed by atoms with van der Waals surface area (Å²) in [5.41, 5.74) is 8.57. The third-order valence-corrected chi connectivity index (χ3v) is 5.00. The smallest absolute Gasteiger partial charge is 0.0452 e. The Morgan fingerprint density at radius 3 is 2.74 bits per heavy atom. The lowest BCUT2D eigenvalue weighted by Gasteiger charge is -2.38. The molecule has 0 bridgehead atoms. The van der Waals surface area contributed by atoms with Crippen LogP contribution >= 0.6 is 0 Å². The van der Waals surface area contributed by atoms with Crippen molar-refractivity contribution in [3.05, 3.63) is 36.2 Å². The molecule has 0 aliphatic heterocycles. The van der Waals surface area contributed by atoms with Crippen LogP contribution in [0.1, 0.15) is 37.7 Å². The highest BCUT2D eigenvalue weighted by molar-refractivity contribution is 5.96. The molecule has 0 radical (unpaired) electrons. The van der Waals surface area contributed by atoms with Gasteiger partial charge >= 0.3 is 0 Å². The predicted octanol–water partition coefficient (Wildman–Crippen LogP) is 3.00. The van der Waals surface area contributed by atoms with Crippen molar-refractivity contribution >= 4 is 16.5 Å². The number of aryl methyl sites for hydroxylation is 1. The van der Waals surface area contributed by atoms with Crippen molar-refractivity contribution in [3.8, 4) is 0 Å². The van der Waals surface area contributed by atoms with E-state index >= 15 is 0 Å². The highest BCUT2D eigenvalue weighted by atomic mass is 16.3. The zero-order valence-electron chi connectivity index (χ0n) is 13.9. The van der Waals surface area contributed by atoms with Crippen molar-refractivity contribution in [2.75, 3.05) is 18.1 Å². The average molecular weight is 313 g/mol. The molecule has 124 valence electrons. The summed E-state index contributed by atoms with van der Waals surface area (Å²) >= 11 is 0. The minimum Gasteiger partial charge on any atom is -0.396 e. The Morgan fingerprint density at radius 2 is 2.00 bits per heavy atom. The van der Waals surface area contributed by atoms with Gasteiger partial charge in [-0.1, -0.05) is 12.1 Å². The Hall–Kier alpha value is -1.65. The average Bonchev–Trinajstić information content (AvgIpc) is 2.57. The van der Waals surface area contributed by atoms with Gasteiger partial charge in [-0.3, -0.25) is 4.98 Å². The maximum atomic E-state index is 9.31. The van der Waals surface area contributed by atoms with Gasteiger partial charge in [0.25, 0.3) is 0 Å². The van der Waals surface area contributed by atoms with Crippen molar-refractivity contribution in [1.29, 1.82) is 0 Å². The summed E-state index contributed by atoms with van der Waals surface area (Å²) in [5, 5.41) is 11.8. The zero-order chi connectivity index (χ0) is 16.2. The van der Waals surface area contributed by atoms with E-state index in [9.17, 15) is 5.11 Å². The van der Waals surface area contributed by atoms with Gasteiger partial charge in [-0.05, 0) is 50.7 Å². The maximum Gasteiger partial charge on any atom is 0.0452 e. The molecule has 1 aromatic heterocycles. The number of hydrogen-bond acceptors (Lipinski definition) is 4. The van der Waals surface area contributed by atoms with Crippen LogP contribution in [-0.2, 0) is 0 Å². The number of benzene rings is 1. The van der Waals surface area contributed by atoms with Crippen LogP contribution in [0.15, 0.2) is 30.6 Å². The van der Waals surface area contributed by atoms with Crippen molar-refractivity contribution in [2.45, 2.75) is 51.1 Å². The first-order chi connectivity index (χ1) is 11.2. The Bertz CT molecular complexity index is 645. The zero-order valence-corrected chi connectivity index (χ0v) is 13.9. The van der Waals surface area contributed by atoms with Crippen LogP contribution in [0.2, 0.25) is 0 Å². The van der Waals surface area contributed by atoms with E-state index in [0.29, 0.717) is 12.1 Å². The summed E-state index contributed by atoms with van der Waals surface area (Å²) in [7, 11) is 0. The van der Waals surface area contributed by atoms with Crippen LogP contribution in [-0.4, -0.2) is 35.3 Å². The molecule has 0 spiro atoms. The lowest BCUT2D eigenvalue weighted by atomic mass is 9.90. The molecule has 4 heteroatoms. The van der Waals surface area contributed by atoms with E-state index in [-0.39, 0.29) is 6.61 Å². The molecule has 0 atom stereocenters. The Labute approximate surface area is 138 Å². The van der Waals surface area contributed by atoms with E-state index in [2.05, 4.69) is 35.0 Å². The predicted molar refractivity (Wildman–Crippen MR) is 95.8 cm³/mol. The number of rotatable bonds is 5. The molecule has 1 heterocycles. The summed E-state index contributed by atoms with van der Waals surface area (Å²) in [6.45, 7) is 3.24. The second-order valence-electron chi connectivity index (χ2n) is 6.67. The van der Waals surface area contributed by atoms with Gasteiger partial charge in [-0.25, -0.2) is 0 Å². The van der Waals surface area contributed by atoms with E-state index in [4.69, 9.17) is 5.73 Å². The first kappa shape index (κ1) is 16.2. The molecule has 0 saturated heterocycles. The van der Waals surface area contributed by atoms with Crippen molar-refractivity contribution in [3.63, 3.8) is 0 Å². The minimum absolute atomic E-state index is 0.230. The van der Waals surface area contributed by atoms with Gasteiger partial charge in [0.05, 0.1) is 0 Å². The third-order valence-electron chi connectivity index (χ3n) is 5.00. The molecule has 4 nitrogen and oxygen atoms in total. The Kier molecular flexibility index (Phi) is 5.13. The molecule has 0 unspecified atom stereocenters. The summed E-state index contributed by atoms with van der Waals surface area (Å²) < 4.78 is 0. The number of nitrogens with two attached hydrogens (primary N) is 1. The highest BCUT2D eigenvalue weighted by Gasteiger charge is 2.25. The summed E-state index contributed by atoms with van der Waals surface area (Å²) in [6.07, 6.45) is 9.11. The molecule has 0 amide bonds. The molecule has 1 aromatic carbocycles. The first-order valence-electron chi connectivity index (χ1n) is 8.67. The first-order valence-corrected chi connectivity index (χ1v) is 8.67. The van der Waals surface area contributed by atoms with E-state index in [1.165, 1.54) is 22.0 Å². The molecule has 1 aliphatic rings. The topological polar surface area (TPSA) is 62.4 Å². The summed E-state index contributed by atoms with van der Waals surface area (Å²) in [6, 6.07) is 7.31. The van der Waals surface area contributed by atoms with Crippen LogP contribution in [0.25, 0.3) is 10.8 Å². The third kappa shape index (κ3) is 3.48. The van der Waals surface area contributed by atoms with E-state index in [1.54, 1.807) is 0 Å². The molecule has 1 aliphatic carbocycles. The van der Waals surface area contributed by atoms with Gasteiger partial charge in [0, 0.05) is 54.1 Å². The van der Waals surface area contributed by atoms with Crippen LogP contribution in [0.5, 0.6) is 0 Å². The molecular weight excluding hydrogens is 286 g/mol. The van der Waals surface area contributed by atoms with E-state index in [1.807, 2.05) is 12.4 Å². The van der Waals surface area contributed by atoms with Crippen LogP contribution in [0.3, 0.4) is 0 Å². The van der Waals surface area contributed by atoms with Crippen LogP contribution in [0, 0.1) is 6.92 Å². The number of aromatic nitrogens is 1. The normalized spacial score (nSPS) is 21.5. The fourth-order valence-corrected chi connectivity index (χ4v) is 3.78. The molecular formula is C19H27N3O. The summed E-state index contributed by atoms with van der Waals surface area (Å²) in [5.74, 6) is 0. The number of aliphatic hydroxyl groups is 1. The van der Waals surface area contributed by atoms with Gasteiger partial charge in [0.15, 0.2) is 0 Å². The van der Waals surface area contributed by atoms with Gasteiger partial charge in [-0.2, -0.15) is 0 Å². The van der Waals surface area contributed by atoms with Gasteiger partial charge in [0.2, 0.25) is 0 Å². The SMILES string of the molecule is Cc1cncc2cccc(N(CCCO)C3CCC(N)CC3)c12. The second kappa shape index (κ2) is 7.28. The lowest BCUT2D eigenvalue weighted by Crippen LogP contribution is -2.42. The fourth-order valence-electron chi connectivity index (χ4n) is 3.78. The number of anilines is 1. The number of aliphatic hydroxyl groups excluding tert-OH is 1. The molecule has 3 N–H and O–H groups in total. The van der Waals surface area contributed by atoms with E-state index in [0.717, 1.165) is 38.6 Å². The van der Waals surface area contributed by atoms with Crippen LogP contribution in [0.4, 0.5) is 5.69 Å². The molecule has 23 heavy (non-hydrogen) atoms. The van der Waals surface area contributed by atoms with E-state index < -0.39 is 0 Å². The number of pyridine rings is 1. The molecule has 2 aromatic rings. The molecule has 1 saturated carbocycles. The second-order valence-corrected chi connectivity index (χ2v) is 6.67. The number of nitrogens with zero attached hydrogens (tertiary/aromatic N) is 2. The van der Waals surface area contributed by atoms with Gasteiger partial charge in [0.1, 0.15) is 0 Å². The largest absolute Gasteiger partial charge is 0.396 e. The maximum absolute atomic E-state index is 9.31. The molecule has 1 fully saturated rings. The highest BCUT2D eigenvalue weighted by Crippen LogP contribution is 2.33. The van der Waals surface area contributed by atoms with Crippen molar-refractivity contribution in [1.82, 2.24) is 4.98 Å². The fraction of sp³-hybridized carbons (Fsp3) is 0.526.